The Balaban J connectivity index is 1.27. The fourth-order valence-corrected chi connectivity index (χ4v) is 7.78. The molecule has 292 valence electrons. The van der Waals surface area contributed by atoms with Gasteiger partial charge in [-0.3, -0.25) is 24.1 Å². The van der Waals surface area contributed by atoms with Crippen LogP contribution in [0.2, 0.25) is 0 Å². The monoisotopic (exact) mass is 760 g/mol. The number of anilines is 1. The molecule has 56 heavy (non-hydrogen) atoms. The van der Waals surface area contributed by atoms with Gasteiger partial charge in [-0.1, -0.05) is 85.6 Å². The Hall–Kier alpha value is -6.17. The third kappa shape index (κ3) is 9.19. The van der Waals surface area contributed by atoms with Gasteiger partial charge >= 0.3 is 5.97 Å². The smallest absolute Gasteiger partial charge is 0.326 e. The highest BCUT2D eigenvalue weighted by Crippen LogP contribution is 2.42. The van der Waals surface area contributed by atoms with Crippen molar-refractivity contribution >= 4 is 35.3 Å². The number of ether oxygens (including phenoxy) is 2. The molecule has 2 fully saturated rings. The molecular weight excluding hydrogens is 713 g/mol. The number of hydrogen-bond donors (Lipinski definition) is 3. The van der Waals surface area contributed by atoms with Crippen molar-refractivity contribution in [3.05, 3.63) is 126 Å². The van der Waals surface area contributed by atoms with Crippen LogP contribution in [-0.2, 0) is 36.8 Å². The lowest BCUT2D eigenvalue weighted by Crippen LogP contribution is -2.49. The number of carbonyl (C=O) groups excluding carboxylic acids is 4. The van der Waals surface area contributed by atoms with Crippen molar-refractivity contribution < 1.29 is 38.6 Å². The minimum Gasteiger partial charge on any atom is -0.497 e. The molecule has 12 nitrogen and oxygen atoms in total. The van der Waals surface area contributed by atoms with E-state index in [4.69, 9.17) is 9.47 Å². The Morgan fingerprint density at radius 2 is 1.46 bits per heavy atom. The Bertz CT molecular complexity index is 1980. The van der Waals surface area contributed by atoms with Gasteiger partial charge in [0.2, 0.25) is 11.8 Å². The molecule has 0 aromatic heterocycles. The number of benzene rings is 4. The van der Waals surface area contributed by atoms with Crippen molar-refractivity contribution in [3.8, 4) is 11.5 Å². The van der Waals surface area contributed by atoms with Crippen LogP contribution >= 0.6 is 0 Å². The van der Waals surface area contributed by atoms with Crippen molar-refractivity contribution in [2.24, 2.45) is 5.41 Å². The van der Waals surface area contributed by atoms with E-state index in [1.165, 1.54) is 6.92 Å². The summed E-state index contributed by atoms with van der Waals surface area (Å²) in [6.45, 7) is 1.47. The molecule has 3 N–H and O–H groups in total. The second-order valence-corrected chi connectivity index (χ2v) is 14.4. The van der Waals surface area contributed by atoms with Gasteiger partial charge in [-0.15, -0.1) is 0 Å². The largest absolute Gasteiger partial charge is 0.497 e. The van der Waals surface area contributed by atoms with E-state index >= 15 is 0 Å². The lowest BCUT2D eigenvalue weighted by Gasteiger charge is -2.32. The van der Waals surface area contributed by atoms with Crippen LogP contribution < -0.4 is 25.0 Å². The Kier molecular flexibility index (Phi) is 12.7. The predicted octanol–water partition coefficient (Wildman–Crippen LogP) is 5.46. The quantitative estimate of drug-likeness (QED) is 0.136. The average Bonchev–Trinajstić information content (AvgIpc) is 3.81. The lowest BCUT2D eigenvalue weighted by molar-refractivity contribution is -0.144. The summed E-state index contributed by atoms with van der Waals surface area (Å²) in [6.07, 6.45) is 2.85. The normalized spacial score (nSPS) is 17.9. The molecule has 2 aliphatic rings. The highest BCUT2D eigenvalue weighted by atomic mass is 16.5. The first-order valence-corrected chi connectivity index (χ1v) is 19.0. The summed E-state index contributed by atoms with van der Waals surface area (Å²) < 4.78 is 11.2. The molecule has 0 radical (unpaired) electrons. The van der Waals surface area contributed by atoms with E-state index < -0.39 is 29.6 Å². The molecule has 4 aromatic rings. The van der Waals surface area contributed by atoms with E-state index in [1.807, 2.05) is 72.8 Å². The SMILES string of the molecule is COc1ccc(CC2C(=O)N(c3ccc(CC(NC(=O)C4(CCNC(C)=O)CCCC4)C(=O)O)cc3)C(c3ccccc3)N2C(=O)COc2ccccc2)cc1. The number of methoxy groups -OCH3 is 1. The number of nitrogens with zero attached hydrogens (tertiary/aromatic N) is 2. The van der Waals surface area contributed by atoms with Crippen LogP contribution in [0.1, 0.15) is 61.9 Å². The van der Waals surface area contributed by atoms with Crippen LogP contribution in [0.3, 0.4) is 0 Å². The summed E-state index contributed by atoms with van der Waals surface area (Å²) >= 11 is 0. The Labute approximate surface area is 326 Å². The lowest BCUT2D eigenvalue weighted by atomic mass is 9.81. The van der Waals surface area contributed by atoms with Crippen molar-refractivity contribution in [2.75, 3.05) is 25.2 Å². The summed E-state index contributed by atoms with van der Waals surface area (Å²) in [5.41, 5.74) is 1.99. The standard InChI is InChI=1S/C44H48N4O8/c1-30(49)45-26-25-44(23-9-10-24-44)43(54)46-37(42(52)53)27-31-15-19-34(20-16-31)47-40(33-11-5-3-6-12-33)48(39(50)29-56-36-13-7-4-8-14-36)38(41(47)51)28-32-17-21-35(55-2)22-18-32/h3-8,11-22,37-38,40H,9-10,23-29H2,1-2H3,(H,45,49)(H,46,54)(H,52,53). The summed E-state index contributed by atoms with van der Waals surface area (Å²) in [5, 5.41) is 15.7. The minimum atomic E-state index is -1.19. The van der Waals surface area contributed by atoms with Crippen LogP contribution in [-0.4, -0.2) is 71.9 Å². The van der Waals surface area contributed by atoms with Crippen molar-refractivity contribution in [2.45, 2.75) is 70.1 Å². The molecule has 1 aliphatic heterocycles. The predicted molar refractivity (Wildman–Crippen MR) is 210 cm³/mol. The second kappa shape index (κ2) is 18.0. The number of carboxylic acids is 1. The van der Waals surface area contributed by atoms with Crippen LogP contribution in [0, 0.1) is 5.41 Å². The Morgan fingerprint density at radius 3 is 2.07 bits per heavy atom. The van der Waals surface area contributed by atoms with E-state index in [9.17, 15) is 29.1 Å². The van der Waals surface area contributed by atoms with Crippen LogP contribution in [0.4, 0.5) is 5.69 Å². The molecule has 3 unspecified atom stereocenters. The average molecular weight is 761 g/mol. The topological polar surface area (TPSA) is 155 Å². The first-order valence-electron chi connectivity index (χ1n) is 19.0. The molecule has 0 spiro atoms. The third-order valence-electron chi connectivity index (χ3n) is 10.7. The highest BCUT2D eigenvalue weighted by Gasteiger charge is 2.50. The van der Waals surface area contributed by atoms with Crippen molar-refractivity contribution in [1.82, 2.24) is 15.5 Å². The Morgan fingerprint density at radius 1 is 0.839 bits per heavy atom. The fourth-order valence-electron chi connectivity index (χ4n) is 7.78. The minimum absolute atomic E-state index is 0.0146. The van der Waals surface area contributed by atoms with Crippen LogP contribution in [0.25, 0.3) is 0 Å². The zero-order valence-corrected chi connectivity index (χ0v) is 31.7. The maximum Gasteiger partial charge on any atom is 0.326 e. The van der Waals surface area contributed by atoms with Gasteiger partial charge < -0.3 is 30.1 Å². The number of aliphatic carboxylic acids is 1. The van der Waals surface area contributed by atoms with Gasteiger partial charge in [0.15, 0.2) is 6.61 Å². The molecule has 1 heterocycles. The first kappa shape index (κ1) is 39.5. The summed E-state index contributed by atoms with van der Waals surface area (Å²) in [7, 11) is 1.58. The van der Waals surface area contributed by atoms with E-state index in [2.05, 4.69) is 10.6 Å². The van der Waals surface area contributed by atoms with Crippen molar-refractivity contribution in [3.63, 3.8) is 0 Å². The number of hydrogen-bond acceptors (Lipinski definition) is 7. The molecule has 3 atom stereocenters. The maximum atomic E-state index is 14.7. The van der Waals surface area contributed by atoms with E-state index in [-0.39, 0.29) is 43.1 Å². The molecule has 1 saturated carbocycles. The summed E-state index contributed by atoms with van der Waals surface area (Å²) in [4.78, 5) is 69.7. The van der Waals surface area contributed by atoms with Crippen LogP contribution in [0.15, 0.2) is 109 Å². The van der Waals surface area contributed by atoms with Gasteiger partial charge in [0.25, 0.3) is 11.8 Å². The molecule has 4 amide bonds. The number of amides is 4. The van der Waals surface area contributed by atoms with Gasteiger partial charge in [0.05, 0.1) is 12.5 Å². The number of carbonyl (C=O) groups is 5. The zero-order valence-electron chi connectivity index (χ0n) is 31.7. The van der Waals surface area contributed by atoms with E-state index in [0.717, 1.165) is 24.0 Å². The summed E-state index contributed by atoms with van der Waals surface area (Å²) in [5.74, 6) is -1.12. The number of nitrogens with one attached hydrogen (secondary N) is 2. The number of rotatable bonds is 16. The molecule has 1 saturated heterocycles. The van der Waals surface area contributed by atoms with Gasteiger partial charge in [-0.05, 0) is 72.4 Å². The van der Waals surface area contributed by atoms with Crippen molar-refractivity contribution in [1.29, 1.82) is 0 Å². The molecule has 12 heteroatoms. The second-order valence-electron chi connectivity index (χ2n) is 14.4. The first-order chi connectivity index (χ1) is 27.1. The van der Waals surface area contributed by atoms with Gasteiger partial charge in [0, 0.05) is 32.0 Å². The fraction of sp³-hybridized carbons (Fsp3) is 0.341. The molecule has 6 rings (SSSR count). The van der Waals surface area contributed by atoms with E-state index in [1.54, 1.807) is 53.3 Å². The molecule has 0 bridgehead atoms. The third-order valence-corrected chi connectivity index (χ3v) is 10.7. The highest BCUT2D eigenvalue weighted by molar-refractivity contribution is 6.04. The van der Waals surface area contributed by atoms with Gasteiger partial charge in [-0.25, -0.2) is 4.79 Å². The number of para-hydroxylation sites is 1. The molecule has 4 aromatic carbocycles. The summed E-state index contributed by atoms with van der Waals surface area (Å²) in [6, 6.07) is 30.7. The molecular formula is C44H48N4O8. The van der Waals surface area contributed by atoms with E-state index in [0.29, 0.717) is 48.6 Å². The van der Waals surface area contributed by atoms with Crippen LogP contribution in [0.5, 0.6) is 11.5 Å². The van der Waals surface area contributed by atoms with Gasteiger partial charge in [-0.2, -0.15) is 0 Å². The van der Waals surface area contributed by atoms with Gasteiger partial charge in [0.1, 0.15) is 29.7 Å². The number of carboxylic acid groups (broad SMARTS) is 1. The zero-order chi connectivity index (χ0) is 39.7. The maximum absolute atomic E-state index is 14.7. The molecule has 1 aliphatic carbocycles.